The SMILES string of the molecule is Cc1oc(=O)oc1COC(=O)SC(C)(C)[C@@H](NC(=O)c1ccccc1)C(=O)OCc1ccccc1. The number of amides is 1. The van der Waals surface area contributed by atoms with Crippen molar-refractivity contribution >= 4 is 28.9 Å². The smallest absolute Gasteiger partial charge is 0.459 e. The lowest BCUT2D eigenvalue weighted by atomic mass is 10.0. The van der Waals surface area contributed by atoms with Gasteiger partial charge in [0.05, 0.1) is 4.75 Å². The normalized spacial score (nSPS) is 12.0. The zero-order chi connectivity index (χ0) is 25.4. The molecule has 1 heterocycles. The Morgan fingerprint density at radius 1 is 0.943 bits per heavy atom. The highest BCUT2D eigenvalue weighted by atomic mass is 32.2. The summed E-state index contributed by atoms with van der Waals surface area (Å²) in [6.45, 7) is 4.41. The van der Waals surface area contributed by atoms with Gasteiger partial charge in [-0.25, -0.2) is 14.4 Å². The molecule has 0 saturated carbocycles. The molecular formula is C25H25NO8S. The van der Waals surface area contributed by atoms with Crippen LogP contribution in [0, 0.1) is 6.92 Å². The van der Waals surface area contributed by atoms with Crippen LogP contribution in [-0.4, -0.2) is 28.0 Å². The van der Waals surface area contributed by atoms with Crippen LogP contribution in [0.5, 0.6) is 0 Å². The van der Waals surface area contributed by atoms with Crippen molar-refractivity contribution in [3.63, 3.8) is 0 Å². The molecule has 0 aliphatic rings. The largest absolute Gasteiger partial charge is 0.519 e. The van der Waals surface area contributed by atoms with Crippen molar-refractivity contribution in [1.29, 1.82) is 0 Å². The number of benzene rings is 2. The first-order valence-electron chi connectivity index (χ1n) is 10.7. The number of nitrogens with one attached hydrogen (secondary N) is 1. The van der Waals surface area contributed by atoms with Gasteiger partial charge >= 0.3 is 17.1 Å². The molecule has 0 unspecified atom stereocenters. The second-order valence-corrected chi connectivity index (χ2v) is 9.63. The Hall–Kier alpha value is -3.79. The number of carbonyl (C=O) groups excluding carboxylic acids is 3. The summed E-state index contributed by atoms with van der Waals surface area (Å²) in [4.78, 5) is 49.6. The Bertz CT molecular complexity index is 1220. The summed E-state index contributed by atoms with van der Waals surface area (Å²) in [5.41, 5.74) is 1.12. The first-order valence-corrected chi connectivity index (χ1v) is 11.5. The monoisotopic (exact) mass is 499 g/mol. The fraction of sp³-hybridized carbons (Fsp3) is 0.280. The highest BCUT2D eigenvalue weighted by Gasteiger charge is 2.41. The van der Waals surface area contributed by atoms with Crippen LogP contribution in [0.25, 0.3) is 0 Å². The van der Waals surface area contributed by atoms with Crippen molar-refractivity contribution in [3.05, 3.63) is 93.9 Å². The Morgan fingerprint density at radius 2 is 1.57 bits per heavy atom. The van der Waals surface area contributed by atoms with Gasteiger partial charge in [0.15, 0.2) is 18.1 Å². The van der Waals surface area contributed by atoms with E-state index in [1.165, 1.54) is 6.92 Å². The van der Waals surface area contributed by atoms with Gasteiger partial charge in [-0.1, -0.05) is 48.5 Å². The molecule has 3 aromatic rings. The molecule has 1 amide bonds. The molecule has 3 rings (SSSR count). The number of thioether (sulfide) groups is 1. The third-order valence-electron chi connectivity index (χ3n) is 4.97. The van der Waals surface area contributed by atoms with Gasteiger partial charge in [-0.15, -0.1) is 0 Å². The average molecular weight is 500 g/mol. The number of hydrogen-bond acceptors (Lipinski definition) is 9. The number of hydrogen-bond donors (Lipinski definition) is 1. The van der Waals surface area contributed by atoms with Gasteiger partial charge in [-0.2, -0.15) is 0 Å². The van der Waals surface area contributed by atoms with E-state index in [4.69, 9.17) is 18.3 Å². The number of ether oxygens (including phenoxy) is 2. The van der Waals surface area contributed by atoms with Gasteiger partial charge in [0, 0.05) is 5.56 Å². The lowest BCUT2D eigenvalue weighted by Crippen LogP contribution is -2.53. The summed E-state index contributed by atoms with van der Waals surface area (Å²) in [6.07, 6.45) is 0. The van der Waals surface area contributed by atoms with Crippen molar-refractivity contribution in [2.24, 2.45) is 0 Å². The standard InChI is InChI=1S/C25H25NO8S/c1-16-19(34-23(29)33-16)15-32-24(30)35-25(2,3)20(26-21(27)18-12-8-5-9-13-18)22(28)31-14-17-10-6-4-7-11-17/h4-13,20H,14-15H2,1-3H3,(H,26,27)/t20-/m0/s1. The molecule has 184 valence electrons. The summed E-state index contributed by atoms with van der Waals surface area (Å²) in [5.74, 6) is -1.82. The third-order valence-corrected chi connectivity index (χ3v) is 6.02. The van der Waals surface area contributed by atoms with Gasteiger partial charge < -0.3 is 23.6 Å². The average Bonchev–Trinajstić information content (AvgIpc) is 3.17. The van der Waals surface area contributed by atoms with Crippen molar-refractivity contribution < 1.29 is 32.7 Å². The van der Waals surface area contributed by atoms with Crippen LogP contribution >= 0.6 is 11.8 Å². The quantitative estimate of drug-likeness (QED) is 0.431. The highest BCUT2D eigenvalue weighted by Crippen LogP contribution is 2.31. The van der Waals surface area contributed by atoms with Crippen LogP contribution in [0.1, 0.15) is 41.3 Å². The predicted octanol–water partition coefficient (Wildman–Crippen LogP) is 4.23. The van der Waals surface area contributed by atoms with Gasteiger partial charge in [0.25, 0.3) is 5.91 Å². The van der Waals surface area contributed by atoms with E-state index in [0.29, 0.717) is 17.3 Å². The molecule has 2 aromatic carbocycles. The van der Waals surface area contributed by atoms with Crippen LogP contribution in [0.15, 0.2) is 74.3 Å². The topological polar surface area (TPSA) is 125 Å². The first kappa shape index (κ1) is 25.8. The van der Waals surface area contributed by atoms with E-state index in [1.807, 2.05) is 18.2 Å². The lowest BCUT2D eigenvalue weighted by Gasteiger charge is -2.31. The Morgan fingerprint density at radius 3 is 2.17 bits per heavy atom. The minimum atomic E-state index is -1.19. The van der Waals surface area contributed by atoms with Gasteiger partial charge in [-0.3, -0.25) is 4.79 Å². The van der Waals surface area contributed by atoms with E-state index < -0.39 is 33.8 Å². The lowest BCUT2D eigenvalue weighted by molar-refractivity contribution is -0.147. The van der Waals surface area contributed by atoms with E-state index >= 15 is 0 Å². The summed E-state index contributed by atoms with van der Waals surface area (Å²) < 4.78 is 19.0. The summed E-state index contributed by atoms with van der Waals surface area (Å²) >= 11 is 0.702. The maximum absolute atomic E-state index is 13.1. The van der Waals surface area contributed by atoms with Crippen molar-refractivity contribution in [2.45, 2.75) is 44.8 Å². The van der Waals surface area contributed by atoms with E-state index in [9.17, 15) is 19.2 Å². The molecule has 0 bridgehead atoms. The Kier molecular flexibility index (Phi) is 8.53. The minimum Gasteiger partial charge on any atom is -0.459 e. The molecule has 0 saturated heterocycles. The van der Waals surface area contributed by atoms with Crippen LogP contribution < -0.4 is 11.1 Å². The second-order valence-electron chi connectivity index (χ2n) is 8.04. The Balaban J connectivity index is 1.72. The van der Waals surface area contributed by atoms with Crippen LogP contribution in [0.4, 0.5) is 4.79 Å². The van der Waals surface area contributed by atoms with Gasteiger partial charge in [-0.05, 0) is 50.2 Å². The summed E-state index contributed by atoms with van der Waals surface area (Å²) in [5, 5.41) is 1.94. The third kappa shape index (κ3) is 7.35. The zero-order valence-electron chi connectivity index (χ0n) is 19.4. The molecule has 9 nitrogen and oxygen atoms in total. The van der Waals surface area contributed by atoms with Crippen LogP contribution in [0.2, 0.25) is 0 Å². The Labute approximate surface area is 205 Å². The van der Waals surface area contributed by atoms with E-state index in [0.717, 1.165) is 5.56 Å². The number of esters is 1. The maximum atomic E-state index is 13.1. The van der Waals surface area contributed by atoms with E-state index in [2.05, 4.69) is 5.32 Å². The summed E-state index contributed by atoms with van der Waals surface area (Å²) in [7, 11) is 0. The molecule has 1 aromatic heterocycles. The summed E-state index contributed by atoms with van der Waals surface area (Å²) in [6, 6.07) is 16.3. The van der Waals surface area contributed by atoms with Gasteiger partial charge in [0.2, 0.25) is 0 Å². The molecule has 0 aliphatic carbocycles. The van der Waals surface area contributed by atoms with Crippen LogP contribution in [0.3, 0.4) is 0 Å². The number of carbonyl (C=O) groups is 3. The van der Waals surface area contributed by atoms with E-state index in [1.54, 1.807) is 56.3 Å². The predicted molar refractivity (Wildman–Crippen MR) is 128 cm³/mol. The fourth-order valence-corrected chi connectivity index (χ4v) is 3.89. The van der Waals surface area contributed by atoms with Crippen molar-refractivity contribution in [1.82, 2.24) is 5.32 Å². The molecule has 0 aliphatic heterocycles. The molecule has 0 spiro atoms. The maximum Gasteiger partial charge on any atom is 0.519 e. The highest BCUT2D eigenvalue weighted by molar-refractivity contribution is 8.14. The molecule has 1 N–H and O–H groups in total. The van der Waals surface area contributed by atoms with Crippen molar-refractivity contribution in [2.75, 3.05) is 0 Å². The second kappa shape index (κ2) is 11.6. The van der Waals surface area contributed by atoms with Crippen LogP contribution in [-0.2, 0) is 27.5 Å². The van der Waals surface area contributed by atoms with Crippen molar-refractivity contribution in [3.8, 4) is 0 Å². The minimum absolute atomic E-state index is 0.00136. The number of rotatable bonds is 9. The molecule has 1 atom stereocenters. The molecule has 0 fully saturated rings. The fourth-order valence-electron chi connectivity index (χ4n) is 3.07. The molecule has 0 radical (unpaired) electrons. The molecular weight excluding hydrogens is 474 g/mol. The zero-order valence-corrected chi connectivity index (χ0v) is 20.3. The van der Waals surface area contributed by atoms with E-state index in [-0.39, 0.29) is 24.7 Å². The number of aryl methyl sites for hydroxylation is 1. The van der Waals surface area contributed by atoms with Gasteiger partial charge in [0.1, 0.15) is 12.6 Å². The molecule has 35 heavy (non-hydrogen) atoms. The first-order chi connectivity index (χ1) is 16.7. The molecule has 10 heteroatoms.